The number of aliphatic hydroxyl groups excluding tert-OH is 1. The first-order chi connectivity index (χ1) is 8.40. The fourth-order valence-corrected chi connectivity index (χ4v) is 2.80. The van der Waals surface area contributed by atoms with E-state index in [0.717, 1.165) is 18.9 Å². The summed E-state index contributed by atoms with van der Waals surface area (Å²) < 4.78 is 0. The Labute approximate surface area is 106 Å². The van der Waals surface area contributed by atoms with Crippen LogP contribution in [0.5, 0.6) is 0 Å². The van der Waals surface area contributed by atoms with Crippen LogP contribution in [0.25, 0.3) is 0 Å². The smallest absolute Gasteiger partial charge is 0.0431 e. The molecule has 2 fully saturated rings. The third-order valence-corrected chi connectivity index (χ3v) is 4.07. The van der Waals surface area contributed by atoms with Crippen molar-refractivity contribution in [3.05, 3.63) is 0 Å². The van der Waals surface area contributed by atoms with E-state index in [1.54, 1.807) is 0 Å². The normalized spacial score (nSPS) is 22.2. The van der Waals surface area contributed by atoms with Gasteiger partial charge in [0.25, 0.3) is 0 Å². The number of hydrogen-bond acceptors (Lipinski definition) is 3. The summed E-state index contributed by atoms with van der Waals surface area (Å²) in [6, 6.07) is 0.874. The molecule has 17 heavy (non-hydrogen) atoms. The molecule has 1 heterocycles. The van der Waals surface area contributed by atoms with Crippen LogP contribution in [0.1, 0.15) is 44.9 Å². The maximum absolute atomic E-state index is 8.84. The van der Waals surface area contributed by atoms with Crippen molar-refractivity contribution in [3.63, 3.8) is 0 Å². The second kappa shape index (κ2) is 7.34. The first-order valence-electron chi connectivity index (χ1n) is 7.47. The van der Waals surface area contributed by atoms with Crippen LogP contribution >= 0.6 is 0 Å². The summed E-state index contributed by atoms with van der Waals surface area (Å²) in [5.41, 5.74) is 0. The van der Waals surface area contributed by atoms with Crippen molar-refractivity contribution >= 4 is 0 Å². The summed E-state index contributed by atoms with van der Waals surface area (Å²) in [5.74, 6) is 0. The van der Waals surface area contributed by atoms with E-state index < -0.39 is 0 Å². The van der Waals surface area contributed by atoms with Crippen LogP contribution in [-0.2, 0) is 0 Å². The molecule has 0 radical (unpaired) electrons. The molecule has 100 valence electrons. The fourth-order valence-electron chi connectivity index (χ4n) is 2.80. The maximum atomic E-state index is 8.84. The molecule has 0 aromatic carbocycles. The largest absolute Gasteiger partial charge is 0.396 e. The monoisotopic (exact) mass is 240 g/mol. The molecule has 0 aromatic heterocycles. The van der Waals surface area contributed by atoms with Crippen molar-refractivity contribution in [2.24, 2.45) is 0 Å². The van der Waals surface area contributed by atoms with Crippen molar-refractivity contribution in [2.45, 2.75) is 51.0 Å². The molecule has 0 unspecified atom stereocenters. The molecule has 0 amide bonds. The van der Waals surface area contributed by atoms with Gasteiger partial charge in [-0.3, -0.25) is 4.90 Å². The summed E-state index contributed by atoms with van der Waals surface area (Å²) >= 11 is 0. The first-order valence-corrected chi connectivity index (χ1v) is 7.47. The SMILES string of the molecule is OCCCCN(CCN1CCCCC1)C1CC1. The van der Waals surface area contributed by atoms with Crippen LogP contribution in [0.15, 0.2) is 0 Å². The minimum atomic E-state index is 0.352. The Kier molecular flexibility index (Phi) is 5.75. The second-order valence-corrected chi connectivity index (χ2v) is 5.60. The fraction of sp³-hybridized carbons (Fsp3) is 1.00. The molecular weight excluding hydrogens is 212 g/mol. The zero-order valence-corrected chi connectivity index (χ0v) is 11.1. The molecular formula is C14H28N2O. The van der Waals surface area contributed by atoms with Gasteiger partial charge in [0, 0.05) is 25.7 Å². The molecule has 2 rings (SSSR count). The highest BCUT2D eigenvalue weighted by Crippen LogP contribution is 2.26. The Morgan fingerprint density at radius 3 is 2.41 bits per heavy atom. The Bertz CT molecular complexity index is 200. The van der Waals surface area contributed by atoms with Crippen LogP contribution in [-0.4, -0.2) is 60.3 Å². The molecule has 0 spiro atoms. The summed E-state index contributed by atoms with van der Waals surface area (Å²) in [7, 11) is 0. The lowest BCUT2D eigenvalue weighted by atomic mass is 10.1. The summed E-state index contributed by atoms with van der Waals surface area (Å²) in [6.07, 6.45) is 9.15. The zero-order chi connectivity index (χ0) is 11.9. The van der Waals surface area contributed by atoms with E-state index in [4.69, 9.17) is 5.11 Å². The maximum Gasteiger partial charge on any atom is 0.0431 e. The average molecular weight is 240 g/mol. The van der Waals surface area contributed by atoms with Crippen molar-refractivity contribution in [3.8, 4) is 0 Å². The highest BCUT2D eigenvalue weighted by Gasteiger charge is 2.28. The van der Waals surface area contributed by atoms with Gasteiger partial charge in [-0.25, -0.2) is 0 Å². The molecule has 1 aliphatic carbocycles. The van der Waals surface area contributed by atoms with Gasteiger partial charge in [-0.05, 0) is 58.2 Å². The Hall–Kier alpha value is -0.120. The van der Waals surface area contributed by atoms with E-state index in [9.17, 15) is 0 Å². The van der Waals surface area contributed by atoms with Crippen LogP contribution in [0.4, 0.5) is 0 Å². The summed E-state index contributed by atoms with van der Waals surface area (Å²) in [6.45, 7) is 6.68. The van der Waals surface area contributed by atoms with Gasteiger partial charge in [0.15, 0.2) is 0 Å². The Morgan fingerprint density at radius 1 is 1.00 bits per heavy atom. The van der Waals surface area contributed by atoms with Crippen LogP contribution < -0.4 is 0 Å². The number of nitrogens with zero attached hydrogens (tertiary/aromatic N) is 2. The predicted molar refractivity (Wildman–Crippen MR) is 71.2 cm³/mol. The summed E-state index contributed by atoms with van der Waals surface area (Å²) in [5, 5.41) is 8.84. The van der Waals surface area contributed by atoms with Gasteiger partial charge in [-0.2, -0.15) is 0 Å². The second-order valence-electron chi connectivity index (χ2n) is 5.60. The number of piperidine rings is 1. The van der Waals surface area contributed by atoms with Crippen molar-refractivity contribution in [1.82, 2.24) is 9.80 Å². The van der Waals surface area contributed by atoms with E-state index in [1.807, 2.05) is 0 Å². The predicted octanol–water partition coefficient (Wildman–Crippen LogP) is 1.71. The van der Waals surface area contributed by atoms with Gasteiger partial charge < -0.3 is 10.0 Å². The Balaban J connectivity index is 1.62. The molecule has 3 nitrogen and oxygen atoms in total. The molecule has 1 saturated carbocycles. The van der Waals surface area contributed by atoms with Crippen molar-refractivity contribution in [2.75, 3.05) is 39.3 Å². The highest BCUT2D eigenvalue weighted by molar-refractivity contribution is 4.85. The minimum Gasteiger partial charge on any atom is -0.396 e. The lowest BCUT2D eigenvalue weighted by molar-refractivity contribution is 0.172. The van der Waals surface area contributed by atoms with E-state index >= 15 is 0 Å². The van der Waals surface area contributed by atoms with E-state index in [2.05, 4.69) is 9.80 Å². The first kappa shape index (κ1) is 13.3. The standard InChI is InChI=1S/C14H28N2O/c17-13-5-4-10-16(14-6-7-14)12-11-15-8-2-1-3-9-15/h14,17H,1-13H2. The van der Waals surface area contributed by atoms with Crippen LogP contribution in [0.3, 0.4) is 0 Å². The lowest BCUT2D eigenvalue weighted by Crippen LogP contribution is -2.39. The van der Waals surface area contributed by atoms with Crippen molar-refractivity contribution < 1.29 is 5.11 Å². The van der Waals surface area contributed by atoms with E-state index in [1.165, 1.54) is 64.8 Å². The third kappa shape index (κ3) is 4.94. The van der Waals surface area contributed by atoms with Gasteiger partial charge in [-0.1, -0.05) is 6.42 Å². The molecule has 0 aromatic rings. The minimum absolute atomic E-state index is 0.352. The van der Waals surface area contributed by atoms with E-state index in [0.29, 0.717) is 6.61 Å². The molecule has 2 aliphatic rings. The van der Waals surface area contributed by atoms with Gasteiger partial charge in [-0.15, -0.1) is 0 Å². The number of unbranched alkanes of at least 4 members (excludes halogenated alkanes) is 1. The van der Waals surface area contributed by atoms with Gasteiger partial charge in [0.05, 0.1) is 0 Å². The molecule has 0 bridgehead atoms. The third-order valence-electron chi connectivity index (χ3n) is 4.07. The molecule has 1 N–H and O–H groups in total. The van der Waals surface area contributed by atoms with E-state index in [-0.39, 0.29) is 0 Å². The topological polar surface area (TPSA) is 26.7 Å². The van der Waals surface area contributed by atoms with Crippen LogP contribution in [0.2, 0.25) is 0 Å². The van der Waals surface area contributed by atoms with Gasteiger partial charge >= 0.3 is 0 Å². The number of aliphatic hydroxyl groups is 1. The number of hydrogen-bond donors (Lipinski definition) is 1. The van der Waals surface area contributed by atoms with Crippen molar-refractivity contribution in [1.29, 1.82) is 0 Å². The van der Waals surface area contributed by atoms with Gasteiger partial charge in [0.2, 0.25) is 0 Å². The number of rotatable bonds is 8. The molecule has 1 saturated heterocycles. The van der Waals surface area contributed by atoms with Gasteiger partial charge in [0.1, 0.15) is 0 Å². The van der Waals surface area contributed by atoms with Crippen LogP contribution in [0, 0.1) is 0 Å². The molecule has 0 atom stereocenters. The molecule has 3 heteroatoms. The highest BCUT2D eigenvalue weighted by atomic mass is 16.2. The zero-order valence-electron chi connectivity index (χ0n) is 11.1. The number of likely N-dealkylation sites (tertiary alicyclic amines) is 1. The average Bonchev–Trinajstić information content (AvgIpc) is 3.19. The lowest BCUT2D eigenvalue weighted by Gasteiger charge is -2.30. The Morgan fingerprint density at radius 2 is 1.76 bits per heavy atom. The molecule has 1 aliphatic heterocycles. The quantitative estimate of drug-likeness (QED) is 0.654. The summed E-state index contributed by atoms with van der Waals surface area (Å²) in [4.78, 5) is 5.29.